The van der Waals surface area contributed by atoms with Crippen LogP contribution in [0.5, 0.6) is 5.75 Å². The fourth-order valence-electron chi connectivity index (χ4n) is 3.54. The van der Waals surface area contributed by atoms with Crippen LogP contribution in [0.2, 0.25) is 0 Å². The van der Waals surface area contributed by atoms with Crippen LogP contribution in [0.15, 0.2) is 53.9 Å². The molecule has 2 heterocycles. The Bertz CT molecular complexity index is 1110. The molecule has 1 atom stereocenters. The Hall–Kier alpha value is -3.19. The fraction of sp³-hybridized carbons (Fsp3) is 0.320. The number of hydrogen-bond donors (Lipinski definition) is 1. The van der Waals surface area contributed by atoms with Crippen LogP contribution in [0.1, 0.15) is 31.3 Å². The monoisotopic (exact) mass is 449 g/mol. The van der Waals surface area contributed by atoms with Gasteiger partial charge in [0.1, 0.15) is 12.3 Å². The van der Waals surface area contributed by atoms with E-state index in [9.17, 15) is 9.59 Å². The second kappa shape index (κ2) is 9.53. The molecule has 1 N–H and O–H groups in total. The van der Waals surface area contributed by atoms with Gasteiger partial charge < -0.3 is 10.1 Å². The minimum atomic E-state index is -0.636. The van der Waals surface area contributed by atoms with E-state index in [-0.39, 0.29) is 18.4 Å². The van der Waals surface area contributed by atoms with E-state index in [0.29, 0.717) is 23.9 Å². The van der Waals surface area contributed by atoms with Crippen molar-refractivity contribution in [3.8, 4) is 17.0 Å². The average molecular weight is 450 g/mol. The third-order valence-electron chi connectivity index (χ3n) is 5.22. The molecule has 0 bridgehead atoms. The molecule has 166 valence electrons. The highest BCUT2D eigenvalue weighted by atomic mass is 32.1. The van der Waals surface area contributed by atoms with Crippen LogP contribution in [0, 0.1) is 5.92 Å². The maximum absolute atomic E-state index is 12.8. The highest BCUT2D eigenvalue weighted by Gasteiger charge is 2.33. The predicted molar refractivity (Wildman–Crippen MR) is 127 cm³/mol. The Morgan fingerprint density at radius 1 is 1.22 bits per heavy atom. The summed E-state index contributed by atoms with van der Waals surface area (Å²) in [4.78, 5) is 31.6. The van der Waals surface area contributed by atoms with E-state index in [1.54, 1.807) is 18.3 Å². The van der Waals surface area contributed by atoms with E-state index < -0.39 is 6.10 Å². The van der Waals surface area contributed by atoms with Crippen LogP contribution in [-0.2, 0) is 16.0 Å². The lowest BCUT2D eigenvalue weighted by molar-refractivity contribution is -0.128. The maximum atomic E-state index is 12.8. The zero-order chi connectivity index (χ0) is 22.7. The molecule has 0 radical (unpaired) electrons. The zero-order valence-electron chi connectivity index (χ0n) is 18.5. The van der Waals surface area contributed by atoms with Crippen molar-refractivity contribution in [2.24, 2.45) is 5.92 Å². The third-order valence-corrected chi connectivity index (χ3v) is 6.07. The third kappa shape index (κ3) is 4.99. The molecule has 2 aromatic carbocycles. The molecule has 1 aliphatic rings. The number of aromatic nitrogens is 1. The summed E-state index contributed by atoms with van der Waals surface area (Å²) in [5.74, 6) is 0.526. The number of nitrogens with one attached hydrogen (secondary N) is 1. The molecule has 0 fully saturated rings. The highest BCUT2D eigenvalue weighted by Crippen LogP contribution is 2.37. The second-order valence-corrected chi connectivity index (χ2v) is 9.30. The summed E-state index contributed by atoms with van der Waals surface area (Å²) in [5.41, 5.74) is 3.55. The Morgan fingerprint density at radius 3 is 2.75 bits per heavy atom. The van der Waals surface area contributed by atoms with Crippen molar-refractivity contribution in [1.82, 2.24) is 10.3 Å². The molecule has 1 aromatic heterocycles. The number of carbonyl (C=O) groups is 2. The van der Waals surface area contributed by atoms with Gasteiger partial charge in [-0.05, 0) is 36.6 Å². The van der Waals surface area contributed by atoms with Gasteiger partial charge in [-0.25, -0.2) is 4.98 Å². The molecule has 6 nitrogen and oxygen atoms in total. The van der Waals surface area contributed by atoms with Crippen molar-refractivity contribution in [2.75, 3.05) is 18.0 Å². The first-order valence-corrected chi connectivity index (χ1v) is 11.7. The van der Waals surface area contributed by atoms with E-state index in [4.69, 9.17) is 9.72 Å². The molecular weight excluding hydrogens is 422 g/mol. The van der Waals surface area contributed by atoms with Crippen LogP contribution >= 0.6 is 11.3 Å². The lowest BCUT2D eigenvalue weighted by Gasteiger charge is -2.33. The first-order chi connectivity index (χ1) is 15.4. The lowest BCUT2D eigenvalue weighted by Crippen LogP contribution is -2.49. The molecule has 1 unspecified atom stereocenters. The maximum Gasteiger partial charge on any atom is 0.268 e. The minimum Gasteiger partial charge on any atom is -0.479 e. The number of nitrogens with zero attached hydrogens (tertiary/aromatic N) is 2. The Balaban J connectivity index is 1.57. The number of thiazole rings is 1. The van der Waals surface area contributed by atoms with Gasteiger partial charge in [-0.3, -0.25) is 14.5 Å². The molecule has 1 aliphatic heterocycles. The van der Waals surface area contributed by atoms with Crippen molar-refractivity contribution in [3.05, 3.63) is 64.5 Å². The van der Waals surface area contributed by atoms with Gasteiger partial charge in [0.05, 0.1) is 16.4 Å². The number of anilines is 1. The van der Waals surface area contributed by atoms with Crippen LogP contribution in [0.4, 0.5) is 5.69 Å². The summed E-state index contributed by atoms with van der Waals surface area (Å²) in [5, 5.41) is 5.93. The molecule has 0 spiro atoms. The molecule has 4 rings (SSSR count). The number of rotatable bonds is 7. The van der Waals surface area contributed by atoms with Gasteiger partial charge in [-0.15, -0.1) is 11.3 Å². The predicted octanol–water partition coefficient (Wildman–Crippen LogP) is 4.29. The van der Waals surface area contributed by atoms with E-state index in [2.05, 4.69) is 17.4 Å². The van der Waals surface area contributed by atoms with Gasteiger partial charge in [0.15, 0.2) is 6.10 Å². The lowest BCUT2D eigenvalue weighted by atomic mass is 10.1. The fourth-order valence-corrected chi connectivity index (χ4v) is 4.38. The normalized spacial score (nSPS) is 15.4. The second-order valence-electron chi connectivity index (χ2n) is 8.35. The number of carbonyl (C=O) groups excluding carboxylic acids is 2. The van der Waals surface area contributed by atoms with E-state index in [0.717, 1.165) is 22.7 Å². The summed E-state index contributed by atoms with van der Waals surface area (Å²) >= 11 is 1.61. The van der Waals surface area contributed by atoms with E-state index in [1.807, 2.05) is 55.6 Å². The van der Waals surface area contributed by atoms with Crippen molar-refractivity contribution in [2.45, 2.75) is 33.3 Å². The molecular formula is C25H27N3O3S. The van der Waals surface area contributed by atoms with Crippen LogP contribution < -0.4 is 15.0 Å². The Morgan fingerprint density at radius 2 is 2.00 bits per heavy atom. The number of fused-ring (bicyclic) bond motifs is 1. The molecule has 0 saturated carbocycles. The Kier molecular flexibility index (Phi) is 6.55. The Labute approximate surface area is 192 Å². The number of amides is 2. The number of ether oxygens (including phenoxy) is 1. The number of hydrogen-bond acceptors (Lipinski definition) is 5. The summed E-state index contributed by atoms with van der Waals surface area (Å²) < 4.78 is 5.79. The quantitative estimate of drug-likeness (QED) is 0.584. The van der Waals surface area contributed by atoms with Crippen LogP contribution in [-0.4, -0.2) is 36.0 Å². The van der Waals surface area contributed by atoms with Crippen LogP contribution in [0.3, 0.4) is 0 Å². The minimum absolute atomic E-state index is 0.0357. The van der Waals surface area contributed by atoms with Gasteiger partial charge in [0.25, 0.3) is 5.91 Å². The van der Waals surface area contributed by atoms with Gasteiger partial charge in [0, 0.05) is 23.9 Å². The van der Waals surface area contributed by atoms with Gasteiger partial charge in [-0.1, -0.05) is 44.2 Å². The molecule has 0 saturated heterocycles. The summed E-state index contributed by atoms with van der Waals surface area (Å²) in [6, 6.07) is 15.9. The molecule has 3 aromatic rings. The summed E-state index contributed by atoms with van der Waals surface area (Å²) in [6.45, 7) is 6.30. The van der Waals surface area contributed by atoms with Crippen molar-refractivity contribution in [3.63, 3.8) is 0 Å². The zero-order valence-corrected chi connectivity index (χ0v) is 19.3. The molecule has 32 heavy (non-hydrogen) atoms. The summed E-state index contributed by atoms with van der Waals surface area (Å²) in [7, 11) is 0. The van der Waals surface area contributed by atoms with Crippen molar-refractivity contribution in [1.29, 1.82) is 0 Å². The van der Waals surface area contributed by atoms with Gasteiger partial charge >= 0.3 is 0 Å². The van der Waals surface area contributed by atoms with Crippen molar-refractivity contribution >= 4 is 28.8 Å². The van der Waals surface area contributed by atoms with Crippen molar-refractivity contribution < 1.29 is 14.3 Å². The van der Waals surface area contributed by atoms with E-state index in [1.165, 1.54) is 10.5 Å². The smallest absolute Gasteiger partial charge is 0.268 e. The standard InChI is InChI=1S/C25H27N3O3S/c1-16(2)13-26-23(29)14-28-21-12-19(9-10-22(21)31-17(3)25(28)30)20-15-32-24(27-20)11-18-7-5-4-6-8-18/h4-10,12,15-17H,11,13-14H2,1-3H3,(H,26,29). The SMILES string of the molecule is CC(C)CNC(=O)CN1C(=O)C(C)Oc2ccc(-c3csc(Cc4ccccc4)n3)cc21. The highest BCUT2D eigenvalue weighted by molar-refractivity contribution is 7.10. The average Bonchev–Trinajstić information content (AvgIpc) is 3.24. The largest absolute Gasteiger partial charge is 0.479 e. The topological polar surface area (TPSA) is 71.5 Å². The molecule has 7 heteroatoms. The first-order valence-electron chi connectivity index (χ1n) is 10.8. The van der Waals surface area contributed by atoms with Gasteiger partial charge in [0.2, 0.25) is 5.91 Å². The molecule has 2 amide bonds. The van der Waals surface area contributed by atoms with E-state index >= 15 is 0 Å². The van der Waals surface area contributed by atoms with Gasteiger partial charge in [-0.2, -0.15) is 0 Å². The molecule has 0 aliphatic carbocycles. The summed E-state index contributed by atoms with van der Waals surface area (Å²) in [6.07, 6.45) is 0.139. The first kappa shape index (κ1) is 22.0. The number of benzene rings is 2. The van der Waals surface area contributed by atoms with Crippen LogP contribution in [0.25, 0.3) is 11.3 Å².